The summed E-state index contributed by atoms with van der Waals surface area (Å²) < 4.78 is 5.65. The second-order valence-electron chi connectivity index (χ2n) is 5.04. The molecule has 0 aromatic heterocycles. The number of rotatable bonds is 6. The van der Waals surface area contributed by atoms with E-state index in [4.69, 9.17) is 4.74 Å². The van der Waals surface area contributed by atoms with Crippen molar-refractivity contribution < 1.29 is 9.53 Å². The molecule has 1 aromatic rings. The molecule has 112 valence electrons. The molecule has 0 bridgehead atoms. The Labute approximate surface area is 126 Å². The number of halogens is 1. The molecule has 0 aliphatic carbocycles. The molecule has 2 rings (SSSR count). The number of carbonyl (C=O) groups excluding carboxylic acids is 1. The Morgan fingerprint density at radius 1 is 1.45 bits per heavy atom. The smallest absolute Gasteiger partial charge is 0.159 e. The van der Waals surface area contributed by atoms with Crippen LogP contribution in [0.25, 0.3) is 0 Å². The second-order valence-corrected chi connectivity index (χ2v) is 5.04. The zero-order valence-corrected chi connectivity index (χ0v) is 13.1. The fraction of sp³-hybridized carbons (Fsp3) is 0.533. The van der Waals surface area contributed by atoms with Gasteiger partial charge in [-0.05, 0) is 39.1 Å². The molecule has 1 heterocycles. The normalized spacial score (nSPS) is 14.6. The van der Waals surface area contributed by atoms with Crippen molar-refractivity contribution in [2.75, 3.05) is 26.7 Å². The standard InChI is InChI=1S/C15H22N2O2.ClH/c1-4-19-15-6-5-12(11(2)18)7-13(15)10-17(3)14-8-16-9-14;/h5-7,14,16H,4,8-10H2,1-3H3;1H. The van der Waals surface area contributed by atoms with Gasteiger partial charge in [0.2, 0.25) is 0 Å². The Balaban J connectivity index is 0.00000200. The van der Waals surface area contributed by atoms with Gasteiger partial charge in [-0.3, -0.25) is 9.69 Å². The molecular weight excluding hydrogens is 276 g/mol. The summed E-state index contributed by atoms with van der Waals surface area (Å²) in [5, 5.41) is 3.27. The third-order valence-electron chi connectivity index (χ3n) is 3.57. The molecule has 1 saturated heterocycles. The Hall–Kier alpha value is -1.10. The number of Topliss-reactive ketones (excluding diaryl/α,β-unsaturated/α-hetero) is 1. The number of hydrogen-bond acceptors (Lipinski definition) is 4. The van der Waals surface area contributed by atoms with E-state index in [2.05, 4.69) is 17.3 Å². The maximum absolute atomic E-state index is 11.5. The van der Waals surface area contributed by atoms with Crippen LogP contribution >= 0.6 is 12.4 Å². The molecule has 1 aliphatic heterocycles. The zero-order chi connectivity index (χ0) is 13.8. The zero-order valence-electron chi connectivity index (χ0n) is 12.3. The van der Waals surface area contributed by atoms with Gasteiger partial charge < -0.3 is 10.1 Å². The van der Waals surface area contributed by atoms with Gasteiger partial charge in [0.05, 0.1) is 6.61 Å². The number of carbonyl (C=O) groups is 1. The lowest BCUT2D eigenvalue weighted by Crippen LogP contribution is -2.55. The average Bonchev–Trinajstić information content (AvgIpc) is 2.29. The van der Waals surface area contributed by atoms with E-state index in [0.717, 1.165) is 36.5 Å². The van der Waals surface area contributed by atoms with Crippen LogP contribution in [0.1, 0.15) is 29.8 Å². The van der Waals surface area contributed by atoms with Crippen molar-refractivity contribution in [3.05, 3.63) is 29.3 Å². The molecule has 5 heteroatoms. The van der Waals surface area contributed by atoms with Crippen LogP contribution in [0.2, 0.25) is 0 Å². The van der Waals surface area contributed by atoms with Gasteiger partial charge in [0, 0.05) is 36.8 Å². The minimum atomic E-state index is 0. The van der Waals surface area contributed by atoms with Crippen LogP contribution in [0.5, 0.6) is 5.75 Å². The number of benzene rings is 1. The number of nitrogens with one attached hydrogen (secondary N) is 1. The lowest BCUT2D eigenvalue weighted by Gasteiger charge is -2.36. The van der Waals surface area contributed by atoms with Crippen LogP contribution in [-0.2, 0) is 6.54 Å². The highest BCUT2D eigenvalue weighted by atomic mass is 35.5. The molecule has 4 nitrogen and oxygen atoms in total. The summed E-state index contributed by atoms with van der Waals surface area (Å²) in [6.45, 7) is 7.09. The summed E-state index contributed by atoms with van der Waals surface area (Å²) in [5.74, 6) is 0.976. The van der Waals surface area contributed by atoms with Crippen molar-refractivity contribution in [2.24, 2.45) is 0 Å². The molecule has 1 fully saturated rings. The van der Waals surface area contributed by atoms with E-state index in [1.165, 1.54) is 0 Å². The number of nitrogens with zero attached hydrogens (tertiary/aromatic N) is 1. The summed E-state index contributed by atoms with van der Waals surface area (Å²) >= 11 is 0. The van der Waals surface area contributed by atoms with Crippen LogP contribution in [0.4, 0.5) is 0 Å². The van der Waals surface area contributed by atoms with E-state index >= 15 is 0 Å². The fourth-order valence-corrected chi connectivity index (χ4v) is 2.20. The first-order valence-corrected chi connectivity index (χ1v) is 6.79. The van der Waals surface area contributed by atoms with E-state index in [1.807, 2.05) is 25.1 Å². The van der Waals surface area contributed by atoms with E-state index in [9.17, 15) is 4.79 Å². The van der Waals surface area contributed by atoms with Crippen LogP contribution in [0.15, 0.2) is 18.2 Å². The van der Waals surface area contributed by atoms with Gasteiger partial charge in [-0.1, -0.05) is 0 Å². The Morgan fingerprint density at radius 2 is 2.15 bits per heavy atom. The molecule has 0 saturated carbocycles. The monoisotopic (exact) mass is 298 g/mol. The van der Waals surface area contributed by atoms with Crippen LogP contribution < -0.4 is 10.1 Å². The SMILES string of the molecule is CCOc1ccc(C(C)=O)cc1CN(C)C1CNC1.Cl. The van der Waals surface area contributed by atoms with Crippen LogP contribution in [0.3, 0.4) is 0 Å². The molecule has 20 heavy (non-hydrogen) atoms. The number of likely N-dealkylation sites (N-methyl/N-ethyl adjacent to an activating group) is 1. The average molecular weight is 299 g/mol. The van der Waals surface area contributed by atoms with Crippen molar-refractivity contribution in [1.82, 2.24) is 10.2 Å². The topological polar surface area (TPSA) is 41.6 Å². The van der Waals surface area contributed by atoms with Gasteiger partial charge in [-0.15, -0.1) is 12.4 Å². The summed E-state index contributed by atoms with van der Waals surface area (Å²) in [6.07, 6.45) is 0. The molecule has 1 N–H and O–H groups in total. The maximum atomic E-state index is 11.5. The number of ketones is 1. The Morgan fingerprint density at radius 3 is 2.65 bits per heavy atom. The largest absolute Gasteiger partial charge is 0.494 e. The van der Waals surface area contributed by atoms with Gasteiger partial charge in [0.15, 0.2) is 5.78 Å². The van der Waals surface area contributed by atoms with Crippen molar-refractivity contribution in [3.63, 3.8) is 0 Å². The Bertz CT molecular complexity index is 461. The second kappa shape index (κ2) is 7.62. The van der Waals surface area contributed by atoms with Gasteiger partial charge >= 0.3 is 0 Å². The molecule has 0 spiro atoms. The first-order chi connectivity index (χ1) is 9.11. The quantitative estimate of drug-likeness (QED) is 0.817. The van der Waals surface area contributed by atoms with Gasteiger partial charge in [0.25, 0.3) is 0 Å². The summed E-state index contributed by atoms with van der Waals surface area (Å²) in [7, 11) is 2.11. The van der Waals surface area contributed by atoms with E-state index in [1.54, 1.807) is 6.92 Å². The summed E-state index contributed by atoms with van der Waals surface area (Å²) in [6, 6.07) is 6.27. The fourth-order valence-electron chi connectivity index (χ4n) is 2.20. The first-order valence-electron chi connectivity index (χ1n) is 6.79. The lowest BCUT2D eigenvalue weighted by molar-refractivity contribution is 0.101. The van der Waals surface area contributed by atoms with Gasteiger partial charge in [0.1, 0.15) is 5.75 Å². The minimum absolute atomic E-state index is 0. The van der Waals surface area contributed by atoms with Crippen molar-refractivity contribution in [3.8, 4) is 5.75 Å². The number of hydrogen-bond donors (Lipinski definition) is 1. The maximum Gasteiger partial charge on any atom is 0.159 e. The highest BCUT2D eigenvalue weighted by Crippen LogP contribution is 2.23. The molecule has 0 amide bonds. The van der Waals surface area contributed by atoms with E-state index in [-0.39, 0.29) is 18.2 Å². The predicted molar refractivity (Wildman–Crippen MR) is 83.0 cm³/mol. The third kappa shape index (κ3) is 3.95. The predicted octanol–water partition coefficient (Wildman–Crippen LogP) is 2.11. The highest BCUT2D eigenvalue weighted by molar-refractivity contribution is 5.94. The molecule has 1 aliphatic rings. The molecule has 0 radical (unpaired) electrons. The molecule has 1 aromatic carbocycles. The van der Waals surface area contributed by atoms with Gasteiger partial charge in [-0.2, -0.15) is 0 Å². The minimum Gasteiger partial charge on any atom is -0.494 e. The van der Waals surface area contributed by atoms with Gasteiger partial charge in [-0.25, -0.2) is 0 Å². The van der Waals surface area contributed by atoms with E-state index in [0.29, 0.717) is 12.6 Å². The van der Waals surface area contributed by atoms with Crippen LogP contribution in [-0.4, -0.2) is 43.5 Å². The van der Waals surface area contributed by atoms with Crippen molar-refractivity contribution in [2.45, 2.75) is 26.4 Å². The van der Waals surface area contributed by atoms with Crippen molar-refractivity contribution in [1.29, 1.82) is 0 Å². The highest BCUT2D eigenvalue weighted by Gasteiger charge is 2.22. The van der Waals surface area contributed by atoms with Crippen molar-refractivity contribution >= 4 is 18.2 Å². The Kier molecular flexibility index (Phi) is 6.46. The molecule has 0 atom stereocenters. The van der Waals surface area contributed by atoms with Crippen LogP contribution in [0, 0.1) is 0 Å². The lowest BCUT2D eigenvalue weighted by atomic mass is 10.0. The summed E-state index contributed by atoms with van der Waals surface area (Å²) in [4.78, 5) is 13.8. The molecule has 0 unspecified atom stereocenters. The van der Waals surface area contributed by atoms with E-state index < -0.39 is 0 Å². The summed E-state index contributed by atoms with van der Waals surface area (Å²) in [5.41, 5.74) is 1.84. The number of ether oxygens (including phenoxy) is 1. The molecular formula is C15H23ClN2O2. The first kappa shape index (κ1) is 17.0. The third-order valence-corrected chi connectivity index (χ3v) is 3.57.